The van der Waals surface area contributed by atoms with E-state index >= 15 is 0 Å². The van der Waals surface area contributed by atoms with Crippen LogP contribution in [0.25, 0.3) is 66.5 Å². The van der Waals surface area contributed by atoms with Crippen LogP contribution in [0.1, 0.15) is 58.2 Å². The van der Waals surface area contributed by atoms with E-state index in [1.165, 1.54) is 11.1 Å². The van der Waals surface area contributed by atoms with Gasteiger partial charge in [-0.15, -0.1) is 0 Å². The molecule has 0 atom stereocenters. The number of aromatic nitrogens is 4. The van der Waals surface area contributed by atoms with Crippen LogP contribution in [-0.2, 0) is 10.8 Å². The van der Waals surface area contributed by atoms with Gasteiger partial charge in [0.15, 0.2) is 0 Å². The fourth-order valence-electron chi connectivity index (χ4n) is 6.99. The molecule has 48 heavy (non-hydrogen) atoms. The van der Waals surface area contributed by atoms with Crippen molar-refractivity contribution in [2.24, 2.45) is 0 Å². The van der Waals surface area contributed by atoms with Crippen LogP contribution in [0, 0.1) is 11.3 Å². The summed E-state index contributed by atoms with van der Waals surface area (Å²) >= 11 is 0. The number of nitrogens with zero attached hydrogens (tertiary/aromatic N) is 5. The van der Waals surface area contributed by atoms with Crippen LogP contribution in [0.3, 0.4) is 0 Å². The average molecular weight is 624 g/mol. The molecule has 4 aromatic heterocycles. The molecule has 0 saturated heterocycles. The molecule has 4 aromatic carbocycles. The first kappa shape index (κ1) is 29.7. The molecule has 0 amide bonds. The standard InChI is InChI=1S/C43H37N5/c1-42(2,3)28-14-12-16-31(24-28)48-37-20-10-8-18-33(37)39-34(26-44)38-32-17-7-9-19-36(32)47(40(38)46-41(39)48)30-15-11-13-27(23-30)35-25-29(21-22-45-35)43(4,5)6/h7-25H,1-6H3. The van der Waals surface area contributed by atoms with Gasteiger partial charge < -0.3 is 0 Å². The van der Waals surface area contributed by atoms with E-state index in [-0.39, 0.29) is 10.8 Å². The molecule has 0 spiro atoms. The van der Waals surface area contributed by atoms with E-state index in [0.717, 1.165) is 66.5 Å². The van der Waals surface area contributed by atoms with Crippen LogP contribution in [0.4, 0.5) is 0 Å². The molecular formula is C43H37N5. The SMILES string of the molecule is CC(C)(C)c1cccc(-n2c3ccccc3c3c(C#N)c4c5ccccc5n(-c5cccc(-c6cc(C(C)(C)C)ccn6)c5)c4nc32)c1. The van der Waals surface area contributed by atoms with E-state index in [1.807, 2.05) is 18.3 Å². The lowest BCUT2D eigenvalue weighted by molar-refractivity contribution is 0.589. The molecule has 0 aliphatic carbocycles. The minimum atomic E-state index is -0.0218. The van der Waals surface area contributed by atoms with Gasteiger partial charge in [0.2, 0.25) is 0 Å². The minimum absolute atomic E-state index is 0.00990. The lowest BCUT2D eigenvalue weighted by atomic mass is 9.87. The average Bonchev–Trinajstić information content (AvgIpc) is 3.59. The summed E-state index contributed by atoms with van der Waals surface area (Å²) in [6, 6.07) is 40.7. The second kappa shape index (κ2) is 10.7. The molecule has 8 aromatic rings. The second-order valence-electron chi connectivity index (χ2n) is 14.7. The normalized spacial score (nSPS) is 12.4. The predicted molar refractivity (Wildman–Crippen MR) is 198 cm³/mol. The summed E-state index contributed by atoms with van der Waals surface area (Å²) in [5.41, 5.74) is 10.6. The van der Waals surface area contributed by atoms with Gasteiger partial charge in [0.25, 0.3) is 0 Å². The summed E-state index contributed by atoms with van der Waals surface area (Å²) < 4.78 is 4.43. The third kappa shape index (κ3) is 4.59. The molecule has 234 valence electrons. The van der Waals surface area contributed by atoms with Crippen molar-refractivity contribution in [1.82, 2.24) is 19.1 Å². The van der Waals surface area contributed by atoms with Crippen LogP contribution in [0.5, 0.6) is 0 Å². The summed E-state index contributed by atoms with van der Waals surface area (Å²) in [6.07, 6.45) is 1.90. The van der Waals surface area contributed by atoms with Gasteiger partial charge >= 0.3 is 0 Å². The first-order chi connectivity index (χ1) is 23.0. The quantitative estimate of drug-likeness (QED) is 0.197. The molecule has 0 saturated carbocycles. The Kier molecular flexibility index (Phi) is 6.58. The molecule has 4 heterocycles. The monoisotopic (exact) mass is 623 g/mol. The van der Waals surface area contributed by atoms with Crippen molar-refractivity contribution in [2.75, 3.05) is 0 Å². The maximum absolute atomic E-state index is 10.9. The van der Waals surface area contributed by atoms with E-state index < -0.39 is 0 Å². The van der Waals surface area contributed by atoms with Crippen LogP contribution < -0.4 is 0 Å². The number of hydrogen-bond donors (Lipinski definition) is 0. The topological polar surface area (TPSA) is 59.4 Å². The van der Waals surface area contributed by atoms with Gasteiger partial charge in [-0.3, -0.25) is 14.1 Å². The molecule has 0 aliphatic heterocycles. The number of benzene rings is 4. The second-order valence-corrected chi connectivity index (χ2v) is 14.7. The van der Waals surface area contributed by atoms with Crippen molar-refractivity contribution >= 4 is 43.9 Å². The Morgan fingerprint density at radius 1 is 0.583 bits per heavy atom. The molecule has 0 bridgehead atoms. The lowest BCUT2D eigenvalue weighted by Gasteiger charge is -2.20. The van der Waals surface area contributed by atoms with Crippen molar-refractivity contribution in [3.63, 3.8) is 0 Å². The zero-order chi connectivity index (χ0) is 33.4. The summed E-state index contributed by atoms with van der Waals surface area (Å²) in [5.74, 6) is 0. The minimum Gasteiger partial charge on any atom is -0.294 e. The summed E-state index contributed by atoms with van der Waals surface area (Å²) in [5, 5.41) is 14.7. The Balaban J connectivity index is 1.47. The number of fused-ring (bicyclic) bond motifs is 6. The van der Waals surface area contributed by atoms with E-state index in [4.69, 9.17) is 9.97 Å². The Morgan fingerprint density at radius 3 is 1.71 bits per heavy atom. The molecule has 5 heteroatoms. The number of pyridine rings is 2. The summed E-state index contributed by atoms with van der Waals surface area (Å²) in [6.45, 7) is 13.4. The van der Waals surface area contributed by atoms with Gasteiger partial charge in [-0.2, -0.15) is 5.26 Å². The highest BCUT2D eigenvalue weighted by atomic mass is 15.1. The van der Waals surface area contributed by atoms with Crippen molar-refractivity contribution in [1.29, 1.82) is 5.26 Å². The fraction of sp³-hybridized carbons (Fsp3) is 0.186. The van der Waals surface area contributed by atoms with Gasteiger partial charge in [-0.1, -0.05) is 102 Å². The first-order valence-corrected chi connectivity index (χ1v) is 16.5. The van der Waals surface area contributed by atoms with Crippen LogP contribution in [0.15, 0.2) is 115 Å². The molecule has 0 N–H and O–H groups in total. The maximum atomic E-state index is 10.9. The van der Waals surface area contributed by atoms with Crippen molar-refractivity contribution in [3.05, 3.63) is 132 Å². The zero-order valence-electron chi connectivity index (χ0n) is 28.2. The Hall–Kier alpha value is -5.73. The Labute approximate surface area is 280 Å². The van der Waals surface area contributed by atoms with E-state index in [2.05, 4.69) is 154 Å². The zero-order valence-corrected chi connectivity index (χ0v) is 28.2. The van der Waals surface area contributed by atoms with E-state index in [1.54, 1.807) is 0 Å². The molecule has 8 rings (SSSR count). The van der Waals surface area contributed by atoms with Crippen molar-refractivity contribution < 1.29 is 0 Å². The Morgan fingerprint density at radius 2 is 1.12 bits per heavy atom. The molecule has 0 aliphatic rings. The Bertz CT molecular complexity index is 2600. The molecular weight excluding hydrogens is 587 g/mol. The first-order valence-electron chi connectivity index (χ1n) is 16.5. The van der Waals surface area contributed by atoms with Gasteiger partial charge in [0, 0.05) is 44.7 Å². The van der Waals surface area contributed by atoms with Crippen molar-refractivity contribution in [2.45, 2.75) is 52.4 Å². The van der Waals surface area contributed by atoms with Crippen LogP contribution >= 0.6 is 0 Å². The predicted octanol–water partition coefficient (Wildman–Crippen LogP) is 10.8. The molecule has 0 fully saturated rings. The smallest absolute Gasteiger partial charge is 0.149 e. The highest BCUT2D eigenvalue weighted by Gasteiger charge is 2.25. The van der Waals surface area contributed by atoms with E-state index in [0.29, 0.717) is 5.56 Å². The molecule has 5 nitrogen and oxygen atoms in total. The third-order valence-corrected chi connectivity index (χ3v) is 9.52. The largest absolute Gasteiger partial charge is 0.294 e. The fourth-order valence-corrected chi connectivity index (χ4v) is 6.99. The summed E-state index contributed by atoms with van der Waals surface area (Å²) in [4.78, 5) is 10.3. The summed E-state index contributed by atoms with van der Waals surface area (Å²) in [7, 11) is 0. The van der Waals surface area contributed by atoms with Gasteiger partial charge in [-0.05, 0) is 70.5 Å². The number of hydrogen-bond acceptors (Lipinski definition) is 3. The van der Waals surface area contributed by atoms with Crippen LogP contribution in [-0.4, -0.2) is 19.1 Å². The highest BCUT2D eigenvalue weighted by Crippen LogP contribution is 2.41. The van der Waals surface area contributed by atoms with Gasteiger partial charge in [0.05, 0.1) is 22.3 Å². The molecule has 0 radical (unpaired) electrons. The number of para-hydroxylation sites is 2. The van der Waals surface area contributed by atoms with Crippen LogP contribution in [0.2, 0.25) is 0 Å². The highest BCUT2D eigenvalue weighted by molar-refractivity contribution is 6.20. The van der Waals surface area contributed by atoms with E-state index in [9.17, 15) is 5.26 Å². The van der Waals surface area contributed by atoms with Gasteiger partial charge in [-0.25, -0.2) is 4.98 Å². The number of rotatable bonds is 3. The maximum Gasteiger partial charge on any atom is 0.149 e. The third-order valence-electron chi connectivity index (χ3n) is 9.52. The van der Waals surface area contributed by atoms with Crippen molar-refractivity contribution in [3.8, 4) is 28.7 Å². The number of nitriles is 1. The molecule has 0 unspecified atom stereocenters. The lowest BCUT2D eigenvalue weighted by Crippen LogP contribution is -2.11. The van der Waals surface area contributed by atoms with Gasteiger partial charge in [0.1, 0.15) is 17.4 Å².